The molecule has 0 radical (unpaired) electrons. The molecule has 2 nitrogen and oxygen atoms in total. The van der Waals surface area contributed by atoms with E-state index < -0.39 is 0 Å². The van der Waals surface area contributed by atoms with Crippen LogP contribution in [0.2, 0.25) is 0 Å². The summed E-state index contributed by atoms with van der Waals surface area (Å²) >= 11 is 0. The Bertz CT molecular complexity index is 162. The first-order valence-corrected chi connectivity index (χ1v) is 5.76. The topological polar surface area (TPSA) is 12.5 Å². The molecular formula is C12H25NO. The number of rotatable bonds is 3. The van der Waals surface area contributed by atoms with Gasteiger partial charge in [-0.3, -0.25) is 0 Å². The van der Waals surface area contributed by atoms with Crippen molar-refractivity contribution in [3.63, 3.8) is 0 Å². The summed E-state index contributed by atoms with van der Waals surface area (Å²) in [5.41, 5.74) is 0.458. The van der Waals surface area contributed by atoms with Crippen LogP contribution in [0.4, 0.5) is 0 Å². The van der Waals surface area contributed by atoms with Gasteiger partial charge < -0.3 is 9.64 Å². The van der Waals surface area contributed by atoms with Crippen LogP contribution in [0.25, 0.3) is 0 Å². The molecule has 0 aromatic rings. The fourth-order valence-corrected chi connectivity index (χ4v) is 1.90. The molecule has 0 bridgehead atoms. The number of ether oxygens (including phenoxy) is 1. The molecule has 0 aliphatic carbocycles. The van der Waals surface area contributed by atoms with Crippen LogP contribution >= 0.6 is 0 Å². The summed E-state index contributed by atoms with van der Waals surface area (Å²) in [5.74, 6) is 0. The average molecular weight is 199 g/mol. The Morgan fingerprint density at radius 2 is 2.07 bits per heavy atom. The van der Waals surface area contributed by atoms with Crippen molar-refractivity contribution in [2.45, 2.75) is 46.1 Å². The Kier molecular flexibility index (Phi) is 4.39. The predicted octanol–water partition coefficient (Wildman–Crippen LogP) is 2.53. The summed E-state index contributed by atoms with van der Waals surface area (Å²) in [5, 5.41) is 0. The van der Waals surface area contributed by atoms with Crippen molar-refractivity contribution in [1.82, 2.24) is 4.90 Å². The molecule has 14 heavy (non-hydrogen) atoms. The van der Waals surface area contributed by atoms with Crippen molar-refractivity contribution in [2.24, 2.45) is 5.41 Å². The summed E-state index contributed by atoms with van der Waals surface area (Å²) in [6.07, 6.45) is 4.29. The van der Waals surface area contributed by atoms with Gasteiger partial charge in [0.25, 0.3) is 0 Å². The highest BCUT2D eigenvalue weighted by Crippen LogP contribution is 2.20. The van der Waals surface area contributed by atoms with E-state index in [0.717, 1.165) is 6.54 Å². The molecule has 0 aromatic carbocycles. The lowest BCUT2D eigenvalue weighted by molar-refractivity contribution is 0.0280. The molecule has 1 rings (SSSR count). The molecule has 2 heteroatoms. The zero-order valence-electron chi connectivity index (χ0n) is 10.2. The maximum absolute atomic E-state index is 5.41. The van der Waals surface area contributed by atoms with E-state index in [-0.39, 0.29) is 0 Å². The van der Waals surface area contributed by atoms with Gasteiger partial charge in [0.05, 0.1) is 6.10 Å². The normalized spacial score (nSPS) is 25.3. The van der Waals surface area contributed by atoms with Crippen molar-refractivity contribution in [3.8, 4) is 0 Å². The maximum atomic E-state index is 5.41. The molecule has 1 saturated heterocycles. The first kappa shape index (κ1) is 12.0. The Morgan fingerprint density at radius 1 is 1.36 bits per heavy atom. The van der Waals surface area contributed by atoms with Gasteiger partial charge in [0.15, 0.2) is 0 Å². The van der Waals surface area contributed by atoms with Gasteiger partial charge in [-0.1, -0.05) is 20.8 Å². The maximum Gasteiger partial charge on any atom is 0.0698 e. The van der Waals surface area contributed by atoms with E-state index in [1.165, 1.54) is 32.4 Å². The van der Waals surface area contributed by atoms with Crippen LogP contribution in [0.1, 0.15) is 40.0 Å². The molecule has 1 aliphatic rings. The lowest BCUT2D eigenvalue weighted by Crippen LogP contribution is -2.40. The molecule has 0 N–H and O–H groups in total. The van der Waals surface area contributed by atoms with Gasteiger partial charge in [-0.25, -0.2) is 0 Å². The summed E-state index contributed by atoms with van der Waals surface area (Å²) in [6, 6.07) is 0. The smallest absolute Gasteiger partial charge is 0.0698 e. The van der Waals surface area contributed by atoms with Gasteiger partial charge >= 0.3 is 0 Å². The van der Waals surface area contributed by atoms with Gasteiger partial charge in [-0.15, -0.1) is 0 Å². The fraction of sp³-hybridized carbons (Fsp3) is 1.00. The fourth-order valence-electron chi connectivity index (χ4n) is 1.90. The van der Waals surface area contributed by atoms with Gasteiger partial charge in [0, 0.05) is 13.7 Å². The monoisotopic (exact) mass is 199 g/mol. The SMILES string of the molecule is CO[C@H]1CCCN(CCC(C)(C)C)C1. The van der Waals surface area contributed by atoms with E-state index >= 15 is 0 Å². The Hall–Kier alpha value is -0.0800. The molecule has 1 heterocycles. The zero-order chi connectivity index (χ0) is 10.6. The van der Waals surface area contributed by atoms with Crippen molar-refractivity contribution in [3.05, 3.63) is 0 Å². The van der Waals surface area contributed by atoms with Crippen molar-refractivity contribution in [1.29, 1.82) is 0 Å². The number of hydrogen-bond acceptors (Lipinski definition) is 2. The Morgan fingerprint density at radius 3 is 2.64 bits per heavy atom. The number of nitrogens with zero attached hydrogens (tertiary/aromatic N) is 1. The second-order valence-corrected chi connectivity index (χ2v) is 5.61. The molecule has 84 valence electrons. The largest absolute Gasteiger partial charge is 0.380 e. The summed E-state index contributed by atoms with van der Waals surface area (Å²) < 4.78 is 5.41. The lowest BCUT2D eigenvalue weighted by atomic mass is 9.91. The zero-order valence-corrected chi connectivity index (χ0v) is 10.2. The third-order valence-electron chi connectivity index (χ3n) is 2.97. The van der Waals surface area contributed by atoms with Gasteiger partial charge in [-0.2, -0.15) is 0 Å². The van der Waals surface area contributed by atoms with Crippen LogP contribution in [0.15, 0.2) is 0 Å². The van der Waals surface area contributed by atoms with Crippen molar-refractivity contribution < 1.29 is 4.74 Å². The number of likely N-dealkylation sites (tertiary alicyclic amines) is 1. The Balaban J connectivity index is 2.24. The number of methoxy groups -OCH3 is 1. The van der Waals surface area contributed by atoms with Gasteiger partial charge in [0.1, 0.15) is 0 Å². The second-order valence-electron chi connectivity index (χ2n) is 5.61. The molecule has 1 aliphatic heterocycles. The van der Waals surface area contributed by atoms with Crippen LogP contribution in [0.5, 0.6) is 0 Å². The number of hydrogen-bond donors (Lipinski definition) is 0. The van der Waals surface area contributed by atoms with Crippen LogP contribution < -0.4 is 0 Å². The summed E-state index contributed by atoms with van der Waals surface area (Å²) in [4.78, 5) is 2.54. The third-order valence-corrected chi connectivity index (χ3v) is 2.97. The van der Waals surface area contributed by atoms with E-state index in [1.807, 2.05) is 7.11 Å². The molecule has 0 amide bonds. The number of piperidine rings is 1. The van der Waals surface area contributed by atoms with E-state index in [2.05, 4.69) is 25.7 Å². The highest BCUT2D eigenvalue weighted by Gasteiger charge is 2.20. The van der Waals surface area contributed by atoms with E-state index in [1.54, 1.807) is 0 Å². The third kappa shape index (κ3) is 4.43. The van der Waals surface area contributed by atoms with Crippen LogP contribution in [0, 0.1) is 5.41 Å². The van der Waals surface area contributed by atoms with Crippen molar-refractivity contribution >= 4 is 0 Å². The van der Waals surface area contributed by atoms with Crippen LogP contribution in [0.3, 0.4) is 0 Å². The first-order chi connectivity index (χ1) is 6.51. The quantitative estimate of drug-likeness (QED) is 0.692. The standard InChI is InChI=1S/C12H25NO/c1-12(2,3)7-9-13-8-5-6-11(10-13)14-4/h11H,5-10H2,1-4H3/t11-/m0/s1. The highest BCUT2D eigenvalue weighted by molar-refractivity contribution is 4.74. The molecule has 0 aromatic heterocycles. The van der Waals surface area contributed by atoms with E-state index in [0.29, 0.717) is 11.5 Å². The minimum atomic E-state index is 0.458. The van der Waals surface area contributed by atoms with E-state index in [9.17, 15) is 0 Å². The van der Waals surface area contributed by atoms with Crippen molar-refractivity contribution in [2.75, 3.05) is 26.7 Å². The minimum Gasteiger partial charge on any atom is -0.380 e. The van der Waals surface area contributed by atoms with Crippen LogP contribution in [-0.4, -0.2) is 37.7 Å². The van der Waals surface area contributed by atoms with E-state index in [4.69, 9.17) is 4.74 Å². The first-order valence-electron chi connectivity index (χ1n) is 5.76. The van der Waals surface area contributed by atoms with Crippen LogP contribution in [-0.2, 0) is 4.74 Å². The highest BCUT2D eigenvalue weighted by atomic mass is 16.5. The molecule has 1 fully saturated rings. The summed E-state index contributed by atoms with van der Waals surface area (Å²) in [6.45, 7) is 10.5. The minimum absolute atomic E-state index is 0.458. The predicted molar refractivity (Wildman–Crippen MR) is 60.5 cm³/mol. The van der Waals surface area contributed by atoms with Gasteiger partial charge in [0.2, 0.25) is 0 Å². The Labute approximate surface area is 88.6 Å². The molecule has 0 saturated carbocycles. The molecule has 0 unspecified atom stereocenters. The van der Waals surface area contributed by atoms with Gasteiger partial charge in [-0.05, 0) is 37.8 Å². The summed E-state index contributed by atoms with van der Waals surface area (Å²) in [7, 11) is 1.83. The second kappa shape index (κ2) is 5.13. The average Bonchev–Trinajstić information content (AvgIpc) is 2.14. The molecule has 1 atom stereocenters. The molecular weight excluding hydrogens is 174 g/mol. The molecule has 0 spiro atoms. The lowest BCUT2D eigenvalue weighted by Gasteiger charge is -2.33.